The molecule has 6 nitrogen and oxygen atoms in total. The molecule has 0 saturated heterocycles. The Hall–Kier alpha value is -2.17. The summed E-state index contributed by atoms with van der Waals surface area (Å²) in [4.78, 5) is 16.8. The third-order valence-corrected chi connectivity index (χ3v) is 6.21. The largest absolute Gasteiger partial charge is 0.435 e. The zero-order chi connectivity index (χ0) is 20.8. The topological polar surface area (TPSA) is 85.3 Å². The van der Waals surface area contributed by atoms with Crippen molar-refractivity contribution in [3.05, 3.63) is 39.4 Å². The van der Waals surface area contributed by atoms with Crippen LogP contribution in [0.1, 0.15) is 41.2 Å². The van der Waals surface area contributed by atoms with E-state index in [-0.39, 0.29) is 38.2 Å². The molecule has 3 aromatic rings. The molecule has 154 valence electrons. The van der Waals surface area contributed by atoms with Gasteiger partial charge in [-0.1, -0.05) is 41.8 Å². The highest BCUT2D eigenvalue weighted by atomic mass is 35.5. The van der Waals surface area contributed by atoms with Crippen molar-refractivity contribution in [2.75, 3.05) is 0 Å². The summed E-state index contributed by atoms with van der Waals surface area (Å²) in [5.74, 6) is -0.490. The maximum atomic E-state index is 13.6. The fraction of sp³-hybridized carbons (Fsp3) is 0.389. The van der Waals surface area contributed by atoms with Crippen LogP contribution in [0, 0.1) is 0 Å². The monoisotopic (exact) mass is 443 g/mol. The van der Waals surface area contributed by atoms with Crippen molar-refractivity contribution in [3.63, 3.8) is 0 Å². The molecule has 2 atom stereocenters. The van der Waals surface area contributed by atoms with Gasteiger partial charge in [-0.3, -0.25) is 4.79 Å². The number of carbonyl (C=O) groups is 1. The predicted octanol–water partition coefficient (Wildman–Crippen LogP) is 4.13. The van der Waals surface area contributed by atoms with Crippen molar-refractivity contribution < 1.29 is 18.0 Å². The molecule has 3 N–H and O–H groups in total. The summed E-state index contributed by atoms with van der Waals surface area (Å²) in [6, 6.07) is 4.32. The second-order valence-corrected chi connectivity index (χ2v) is 8.52. The van der Waals surface area contributed by atoms with Crippen LogP contribution in [0.4, 0.5) is 13.2 Å². The van der Waals surface area contributed by atoms with Gasteiger partial charge >= 0.3 is 6.18 Å². The van der Waals surface area contributed by atoms with E-state index in [0.29, 0.717) is 0 Å². The molecule has 0 aromatic carbocycles. The number of nitrogens with two attached hydrogens (primary N) is 1. The number of rotatable bonds is 3. The van der Waals surface area contributed by atoms with Gasteiger partial charge in [-0.05, 0) is 25.0 Å². The Morgan fingerprint density at radius 2 is 2.07 bits per heavy atom. The van der Waals surface area contributed by atoms with Gasteiger partial charge in [0.15, 0.2) is 10.7 Å². The molecule has 3 heterocycles. The van der Waals surface area contributed by atoms with E-state index in [4.69, 9.17) is 17.3 Å². The van der Waals surface area contributed by atoms with Crippen LogP contribution in [0.5, 0.6) is 0 Å². The molecule has 1 unspecified atom stereocenters. The normalized spacial score (nSPS) is 20.2. The average molecular weight is 444 g/mol. The number of pyridine rings is 1. The molecular formula is C18H17ClF3N5OS. The van der Waals surface area contributed by atoms with Crippen molar-refractivity contribution in [1.29, 1.82) is 0 Å². The van der Waals surface area contributed by atoms with Crippen LogP contribution in [0.25, 0.3) is 16.8 Å². The molecule has 0 spiro atoms. The van der Waals surface area contributed by atoms with Crippen LogP contribution in [-0.4, -0.2) is 32.6 Å². The maximum Gasteiger partial charge on any atom is 0.435 e. The third-order valence-electron chi connectivity index (χ3n) is 4.96. The number of thiazole rings is 1. The SMILES string of the molecule is NC1CCCC[C@H]1NC(=O)c1nc(-c2c(C(F)(F)F)nn3ccccc23)c(Cl)s1. The molecule has 1 aliphatic rings. The van der Waals surface area contributed by atoms with E-state index in [1.54, 1.807) is 12.1 Å². The van der Waals surface area contributed by atoms with Gasteiger partial charge in [0.05, 0.1) is 11.1 Å². The molecule has 0 aliphatic heterocycles. The number of amides is 1. The number of nitrogens with zero attached hydrogens (tertiary/aromatic N) is 3. The number of hydrogen-bond acceptors (Lipinski definition) is 5. The Labute approximate surface area is 172 Å². The molecule has 0 bridgehead atoms. The number of nitrogens with one attached hydrogen (secondary N) is 1. The van der Waals surface area contributed by atoms with Crippen molar-refractivity contribution >= 4 is 34.4 Å². The van der Waals surface area contributed by atoms with E-state index in [9.17, 15) is 18.0 Å². The lowest BCUT2D eigenvalue weighted by Crippen LogP contribution is -2.49. The Morgan fingerprint density at radius 3 is 2.79 bits per heavy atom. The second kappa shape index (κ2) is 7.58. The molecule has 4 rings (SSSR count). The molecular weight excluding hydrogens is 427 g/mol. The summed E-state index contributed by atoms with van der Waals surface area (Å²) in [5, 5.41) is 6.47. The standard InChI is InChI=1S/C18H17ClF3N5OS/c19-15-13(12-11-7-3-4-8-27(11)26-14(12)18(20,21)22)25-17(29-15)16(28)24-10-6-2-1-5-9(10)23/h3-4,7-10H,1-2,5-6,23H2,(H,24,28)/t9?,10-/m1/s1. The fourth-order valence-electron chi connectivity index (χ4n) is 3.55. The minimum absolute atomic E-state index is 0.00709. The second-order valence-electron chi connectivity index (χ2n) is 6.92. The fourth-order valence-corrected chi connectivity index (χ4v) is 4.61. The molecule has 11 heteroatoms. The minimum atomic E-state index is -4.70. The maximum absolute atomic E-state index is 13.6. The van der Waals surface area contributed by atoms with Crippen LogP contribution >= 0.6 is 22.9 Å². The Kier molecular flexibility index (Phi) is 5.26. The zero-order valence-corrected chi connectivity index (χ0v) is 16.6. The first-order valence-electron chi connectivity index (χ1n) is 9.03. The van der Waals surface area contributed by atoms with E-state index < -0.39 is 17.8 Å². The highest BCUT2D eigenvalue weighted by Gasteiger charge is 2.40. The zero-order valence-electron chi connectivity index (χ0n) is 15.0. The molecule has 0 radical (unpaired) electrons. The highest BCUT2D eigenvalue weighted by Crippen LogP contribution is 2.42. The summed E-state index contributed by atoms with van der Waals surface area (Å²) in [5.41, 5.74) is 4.81. The van der Waals surface area contributed by atoms with E-state index in [2.05, 4.69) is 15.4 Å². The van der Waals surface area contributed by atoms with E-state index >= 15 is 0 Å². The Morgan fingerprint density at radius 1 is 1.31 bits per heavy atom. The van der Waals surface area contributed by atoms with Crippen LogP contribution in [0.2, 0.25) is 4.34 Å². The van der Waals surface area contributed by atoms with Gasteiger partial charge in [-0.15, -0.1) is 0 Å². The van der Waals surface area contributed by atoms with E-state index in [1.165, 1.54) is 12.3 Å². The van der Waals surface area contributed by atoms with Crippen LogP contribution in [0.3, 0.4) is 0 Å². The predicted molar refractivity (Wildman–Crippen MR) is 104 cm³/mol. The summed E-state index contributed by atoms with van der Waals surface area (Å²) < 4.78 is 41.9. The van der Waals surface area contributed by atoms with Crippen molar-refractivity contribution in [2.45, 2.75) is 43.9 Å². The van der Waals surface area contributed by atoms with Gasteiger partial charge in [0, 0.05) is 18.3 Å². The Balaban J connectivity index is 1.72. The molecule has 29 heavy (non-hydrogen) atoms. The number of carbonyl (C=O) groups excluding carboxylic acids is 1. The van der Waals surface area contributed by atoms with E-state index in [0.717, 1.165) is 41.5 Å². The Bertz CT molecular complexity index is 1060. The highest BCUT2D eigenvalue weighted by molar-refractivity contribution is 7.18. The van der Waals surface area contributed by atoms with Gasteiger partial charge in [0.25, 0.3) is 5.91 Å². The number of alkyl halides is 3. The molecule has 1 aliphatic carbocycles. The summed E-state index contributed by atoms with van der Waals surface area (Å²) >= 11 is 7.06. The van der Waals surface area contributed by atoms with Crippen molar-refractivity contribution in [3.8, 4) is 11.3 Å². The number of hydrogen-bond donors (Lipinski definition) is 2. The summed E-state index contributed by atoms with van der Waals surface area (Å²) in [6.07, 6.45) is 0.241. The molecule has 1 amide bonds. The van der Waals surface area contributed by atoms with Crippen LogP contribution < -0.4 is 11.1 Å². The van der Waals surface area contributed by atoms with Crippen molar-refractivity contribution in [2.24, 2.45) is 5.73 Å². The first-order chi connectivity index (χ1) is 13.8. The average Bonchev–Trinajstić information content (AvgIpc) is 3.24. The quantitative estimate of drug-likeness (QED) is 0.637. The number of halogens is 4. The van der Waals surface area contributed by atoms with Gasteiger partial charge in [0.1, 0.15) is 10.0 Å². The van der Waals surface area contributed by atoms with Crippen LogP contribution in [-0.2, 0) is 6.18 Å². The van der Waals surface area contributed by atoms with Crippen LogP contribution in [0.15, 0.2) is 24.4 Å². The van der Waals surface area contributed by atoms with Gasteiger partial charge in [0.2, 0.25) is 0 Å². The lowest BCUT2D eigenvalue weighted by atomic mass is 9.91. The lowest BCUT2D eigenvalue weighted by Gasteiger charge is -2.28. The number of fused-ring (bicyclic) bond motifs is 1. The van der Waals surface area contributed by atoms with Gasteiger partial charge < -0.3 is 11.1 Å². The molecule has 3 aromatic heterocycles. The van der Waals surface area contributed by atoms with Gasteiger partial charge in [-0.25, -0.2) is 9.50 Å². The number of aromatic nitrogens is 3. The van der Waals surface area contributed by atoms with Crippen molar-refractivity contribution in [1.82, 2.24) is 19.9 Å². The third kappa shape index (κ3) is 3.84. The van der Waals surface area contributed by atoms with E-state index in [1.807, 2.05) is 0 Å². The first kappa shape index (κ1) is 20.1. The smallest absolute Gasteiger partial charge is 0.346 e. The summed E-state index contributed by atoms with van der Waals surface area (Å²) in [7, 11) is 0. The molecule has 1 saturated carbocycles. The summed E-state index contributed by atoms with van der Waals surface area (Å²) in [6.45, 7) is 0. The molecule has 1 fully saturated rings. The first-order valence-corrected chi connectivity index (χ1v) is 10.2. The minimum Gasteiger partial charge on any atom is -0.346 e. The lowest BCUT2D eigenvalue weighted by molar-refractivity contribution is -0.140. The van der Waals surface area contributed by atoms with Gasteiger partial charge in [-0.2, -0.15) is 18.3 Å².